The highest BCUT2D eigenvalue weighted by Crippen LogP contribution is 2.59. The lowest BCUT2D eigenvalue weighted by molar-refractivity contribution is 0.0696. The lowest BCUT2D eigenvalue weighted by Crippen LogP contribution is -2.53. The first kappa shape index (κ1) is 42.2. The van der Waals surface area contributed by atoms with Gasteiger partial charge in [-0.2, -0.15) is 0 Å². The number of aromatic amines is 2. The summed E-state index contributed by atoms with van der Waals surface area (Å²) in [5.41, 5.74) is 7.07. The predicted octanol–water partition coefficient (Wildman–Crippen LogP) is 13.0. The van der Waals surface area contributed by atoms with Crippen molar-refractivity contribution >= 4 is 11.7 Å². The van der Waals surface area contributed by atoms with Gasteiger partial charge >= 0.3 is 5.97 Å². The van der Waals surface area contributed by atoms with Crippen LogP contribution in [0.1, 0.15) is 67.2 Å². The molecule has 0 amide bonds. The molecule has 0 radical (unpaired) electrons. The summed E-state index contributed by atoms with van der Waals surface area (Å²) in [5.74, 6) is -0.113. The van der Waals surface area contributed by atoms with Gasteiger partial charge in [-0.1, -0.05) is 194 Å². The number of aromatic nitrogens is 4. The van der Waals surface area contributed by atoms with Crippen molar-refractivity contribution in [1.82, 2.24) is 19.9 Å². The molecule has 0 aliphatic carbocycles. The molecule has 0 saturated heterocycles. The number of carbonyl (C=O) groups is 1. The van der Waals surface area contributed by atoms with Crippen LogP contribution in [-0.2, 0) is 10.8 Å². The highest BCUT2D eigenvalue weighted by Gasteiger charge is 2.56. The van der Waals surface area contributed by atoms with Crippen molar-refractivity contribution < 1.29 is 14.6 Å². The average Bonchev–Trinajstić information content (AvgIpc) is 4.14. The molecule has 326 valence electrons. The van der Waals surface area contributed by atoms with E-state index < -0.39 is 28.9 Å². The van der Waals surface area contributed by atoms with Gasteiger partial charge in [-0.05, 0) is 63.7 Å². The van der Waals surface area contributed by atoms with Gasteiger partial charge in [0.15, 0.2) is 0 Å². The second-order valence-electron chi connectivity index (χ2n) is 16.5. The summed E-state index contributed by atoms with van der Waals surface area (Å²) in [5, 5.41) is 9.93. The number of aromatic carboxylic acids is 1. The second kappa shape index (κ2) is 18.8. The minimum absolute atomic E-state index is 0.130. The Morgan fingerprint density at radius 2 is 0.791 bits per heavy atom. The fourth-order valence-corrected chi connectivity index (χ4v) is 10.2. The summed E-state index contributed by atoms with van der Waals surface area (Å²) in [6.45, 7) is 0. The highest BCUT2D eigenvalue weighted by molar-refractivity contribution is 5.88. The van der Waals surface area contributed by atoms with Crippen LogP contribution in [0.2, 0.25) is 0 Å². The number of carboxylic acid groups (broad SMARTS) is 1. The molecule has 8 aromatic carbocycles. The van der Waals surface area contributed by atoms with Crippen molar-refractivity contribution in [2.75, 3.05) is 4.90 Å². The molecule has 0 aliphatic heterocycles. The van der Waals surface area contributed by atoms with Gasteiger partial charge in [-0.3, -0.25) is 0 Å². The van der Waals surface area contributed by atoms with Crippen molar-refractivity contribution in [3.05, 3.63) is 306 Å². The van der Waals surface area contributed by atoms with E-state index in [9.17, 15) is 9.90 Å². The summed E-state index contributed by atoms with van der Waals surface area (Å²) in [6, 6.07) is 77.8. The molecule has 0 spiro atoms. The maximum absolute atomic E-state index is 12.1. The first-order chi connectivity index (χ1) is 33.1. The van der Waals surface area contributed by atoms with Crippen LogP contribution in [0, 0.1) is 0 Å². The van der Waals surface area contributed by atoms with E-state index in [1.807, 2.05) is 24.5 Å². The maximum Gasteiger partial charge on any atom is 0.335 e. The number of nitrogens with one attached hydrogen (secondary N) is 2. The quantitative estimate of drug-likeness (QED) is 0.0835. The monoisotopic (exact) mass is 873 g/mol. The minimum atomic E-state index is -1.03. The van der Waals surface area contributed by atoms with Gasteiger partial charge in [-0.25, -0.2) is 14.8 Å². The molecular formula is C59H47N5O3. The van der Waals surface area contributed by atoms with E-state index in [4.69, 9.17) is 14.7 Å². The van der Waals surface area contributed by atoms with Gasteiger partial charge < -0.3 is 24.7 Å². The number of H-pyrrole nitrogens is 2. The Bertz CT molecular complexity index is 2780. The molecule has 2 aromatic heterocycles. The number of carboxylic acids is 1. The molecule has 3 N–H and O–H groups in total. The molecule has 8 nitrogen and oxygen atoms in total. The third kappa shape index (κ3) is 7.85. The van der Waals surface area contributed by atoms with E-state index in [2.05, 4.69) is 209 Å². The number of hydrogen-bond donors (Lipinski definition) is 3. The van der Waals surface area contributed by atoms with Crippen molar-refractivity contribution in [3.8, 4) is 11.5 Å². The minimum Gasteiger partial charge on any atom is -0.478 e. The number of hydrogen-bond acceptors (Lipinski definition) is 5. The van der Waals surface area contributed by atoms with Crippen LogP contribution in [0.5, 0.6) is 11.5 Å². The Balaban J connectivity index is 1.39. The molecule has 2 atom stereocenters. The SMILES string of the molecule is O=C(O)c1cccc(Oc2cccc(N(C(c3cnc[nH]3)C(c3ccccc3)(c3ccccc3)c3ccccc3)C(c3cnc[nH]3)C(c3ccccc3)(c3ccccc3)c3ccccc3)c2)c1. The fourth-order valence-electron chi connectivity index (χ4n) is 10.2. The molecular weight excluding hydrogens is 827 g/mol. The van der Waals surface area contributed by atoms with Gasteiger partial charge in [0.25, 0.3) is 0 Å². The zero-order valence-corrected chi connectivity index (χ0v) is 36.5. The van der Waals surface area contributed by atoms with Crippen molar-refractivity contribution in [1.29, 1.82) is 0 Å². The molecule has 2 unspecified atom stereocenters. The van der Waals surface area contributed by atoms with E-state index >= 15 is 0 Å². The van der Waals surface area contributed by atoms with Gasteiger partial charge in [-0.15, -0.1) is 0 Å². The third-order valence-corrected chi connectivity index (χ3v) is 12.8. The zero-order valence-electron chi connectivity index (χ0n) is 36.5. The zero-order chi connectivity index (χ0) is 45.5. The van der Waals surface area contributed by atoms with E-state index in [0.717, 1.165) is 50.5 Å². The molecule has 10 aromatic rings. The largest absolute Gasteiger partial charge is 0.478 e. The summed E-state index contributed by atoms with van der Waals surface area (Å²) in [4.78, 5) is 31.6. The Morgan fingerprint density at radius 3 is 1.12 bits per heavy atom. The maximum atomic E-state index is 12.1. The second-order valence-corrected chi connectivity index (χ2v) is 16.5. The molecule has 10 rings (SSSR count). The van der Waals surface area contributed by atoms with E-state index in [1.54, 1.807) is 36.9 Å². The van der Waals surface area contributed by atoms with Crippen LogP contribution in [0.3, 0.4) is 0 Å². The van der Waals surface area contributed by atoms with Crippen LogP contribution in [0.15, 0.2) is 256 Å². The molecule has 0 aliphatic rings. The van der Waals surface area contributed by atoms with Gasteiger partial charge in [0.2, 0.25) is 0 Å². The van der Waals surface area contributed by atoms with Crippen LogP contribution in [-0.4, -0.2) is 31.0 Å². The average molecular weight is 874 g/mol. The molecule has 0 saturated carbocycles. The molecule has 67 heavy (non-hydrogen) atoms. The first-order valence-electron chi connectivity index (χ1n) is 22.3. The van der Waals surface area contributed by atoms with E-state index in [0.29, 0.717) is 11.5 Å². The Kier molecular flexibility index (Phi) is 11.8. The smallest absolute Gasteiger partial charge is 0.335 e. The fraction of sp³-hybridized carbons (Fsp3) is 0.0678. The van der Waals surface area contributed by atoms with Crippen LogP contribution < -0.4 is 9.64 Å². The van der Waals surface area contributed by atoms with Crippen molar-refractivity contribution in [2.24, 2.45) is 0 Å². The number of benzene rings is 8. The highest BCUT2D eigenvalue weighted by atomic mass is 16.5. The lowest BCUT2D eigenvalue weighted by Gasteiger charge is -2.55. The van der Waals surface area contributed by atoms with Gasteiger partial charge in [0.1, 0.15) is 11.5 Å². The number of imidazole rings is 2. The number of ether oxygens (including phenoxy) is 1. The Hall–Kier alpha value is -8.75. The topological polar surface area (TPSA) is 107 Å². The van der Waals surface area contributed by atoms with Crippen LogP contribution in [0.4, 0.5) is 5.69 Å². The lowest BCUT2D eigenvalue weighted by atomic mass is 9.60. The number of anilines is 1. The number of nitrogens with zero attached hydrogens (tertiary/aromatic N) is 3. The molecule has 2 heterocycles. The molecule has 8 heteroatoms. The normalized spacial score (nSPS) is 12.5. The van der Waals surface area contributed by atoms with E-state index in [1.165, 1.54) is 0 Å². The standard InChI is InChI=1S/C59H47N5O3/c65-57(66)43-21-19-35-51(37-43)67-52-36-20-34-50(38-52)64(55(53-39-60-41-62-53)58(44-22-7-1-8-23-44,45-24-9-2-10-25-45)46-26-11-3-12-27-46)56(54-40-61-42-63-54)59(47-28-13-4-14-29-47,48-30-15-5-16-31-48)49-32-17-6-18-33-49/h1-42,55-56H,(H,60,62)(H,61,63)(H,65,66). The van der Waals surface area contributed by atoms with Crippen LogP contribution >= 0.6 is 0 Å². The van der Waals surface area contributed by atoms with Crippen molar-refractivity contribution in [2.45, 2.75) is 22.9 Å². The Labute approximate surface area is 389 Å². The summed E-state index contributed by atoms with van der Waals surface area (Å²) in [6.07, 6.45) is 7.40. The number of rotatable bonds is 16. The van der Waals surface area contributed by atoms with Gasteiger partial charge in [0.05, 0.1) is 64.9 Å². The first-order valence-corrected chi connectivity index (χ1v) is 22.3. The molecule has 0 fully saturated rings. The van der Waals surface area contributed by atoms with Crippen LogP contribution in [0.25, 0.3) is 0 Å². The summed E-state index contributed by atoms with van der Waals surface area (Å²) in [7, 11) is 0. The van der Waals surface area contributed by atoms with Gasteiger partial charge in [0, 0.05) is 11.8 Å². The predicted molar refractivity (Wildman–Crippen MR) is 263 cm³/mol. The molecule has 0 bridgehead atoms. The van der Waals surface area contributed by atoms with Crippen molar-refractivity contribution in [3.63, 3.8) is 0 Å². The summed E-state index contributed by atoms with van der Waals surface area (Å²) >= 11 is 0. The summed E-state index contributed by atoms with van der Waals surface area (Å²) < 4.78 is 6.65. The Morgan fingerprint density at radius 1 is 0.448 bits per heavy atom. The van der Waals surface area contributed by atoms with E-state index in [-0.39, 0.29) is 5.56 Å². The third-order valence-electron chi connectivity index (χ3n) is 12.8.